The van der Waals surface area contributed by atoms with Crippen LogP contribution in [0.15, 0.2) is 47.4 Å². The van der Waals surface area contributed by atoms with Gasteiger partial charge in [-0.2, -0.15) is 4.31 Å². The smallest absolute Gasteiger partial charge is 0.269 e. The number of carbonyl (C=O) groups excluding carboxylic acids is 1. The second kappa shape index (κ2) is 9.02. The van der Waals surface area contributed by atoms with E-state index >= 15 is 0 Å². The molecule has 1 saturated heterocycles. The van der Waals surface area contributed by atoms with Gasteiger partial charge in [0.15, 0.2) is 0 Å². The molecule has 0 bridgehead atoms. The Morgan fingerprint density at radius 1 is 1.16 bits per heavy atom. The van der Waals surface area contributed by atoms with Gasteiger partial charge in [-0.05, 0) is 56.3 Å². The van der Waals surface area contributed by atoms with Crippen molar-refractivity contribution >= 4 is 42.6 Å². The van der Waals surface area contributed by atoms with Gasteiger partial charge in [-0.15, -0.1) is 0 Å². The lowest BCUT2D eigenvalue weighted by atomic mass is 10.2. The van der Waals surface area contributed by atoms with Crippen LogP contribution in [0.1, 0.15) is 24.2 Å². The number of rotatable bonds is 6. The highest BCUT2D eigenvalue weighted by molar-refractivity contribution is 7.89. The van der Waals surface area contributed by atoms with Crippen LogP contribution in [0.25, 0.3) is 10.2 Å². The number of hydrogen-bond acceptors (Lipinski definition) is 8. The number of amides is 1. The monoisotopic (exact) mass is 476 g/mol. The quantitative estimate of drug-likeness (QED) is 0.527. The molecule has 1 amide bonds. The molecule has 11 heteroatoms. The summed E-state index contributed by atoms with van der Waals surface area (Å²) in [5, 5.41) is 0.524. The highest BCUT2D eigenvalue weighted by Crippen LogP contribution is 2.28. The Balaban J connectivity index is 1.42. The van der Waals surface area contributed by atoms with E-state index in [1.54, 1.807) is 7.11 Å². The van der Waals surface area contributed by atoms with Gasteiger partial charge in [0.1, 0.15) is 5.75 Å². The second-order valence-electron chi connectivity index (χ2n) is 7.54. The minimum absolute atomic E-state index is 0.142. The fourth-order valence-corrected chi connectivity index (χ4v) is 5.96. The molecule has 0 aliphatic carbocycles. The number of sulfonamides is 1. The molecule has 1 aliphatic heterocycles. The fraction of sp³-hybridized carbons (Fsp3) is 0.333. The van der Waals surface area contributed by atoms with Crippen LogP contribution in [0.3, 0.4) is 0 Å². The van der Waals surface area contributed by atoms with Crippen molar-refractivity contribution in [3.63, 3.8) is 0 Å². The van der Waals surface area contributed by atoms with E-state index in [9.17, 15) is 13.2 Å². The predicted octanol–water partition coefficient (Wildman–Crippen LogP) is 2.86. The highest BCUT2D eigenvalue weighted by atomic mass is 32.2. The molecule has 2 N–H and O–H groups in total. The molecule has 0 saturated carbocycles. The molecule has 4 rings (SSSR count). The molecule has 2 aromatic carbocycles. The van der Waals surface area contributed by atoms with Crippen molar-refractivity contribution in [3.05, 3.63) is 48.0 Å². The number of aromatic nitrogens is 1. The van der Waals surface area contributed by atoms with Gasteiger partial charge < -0.3 is 9.47 Å². The summed E-state index contributed by atoms with van der Waals surface area (Å²) in [4.78, 5) is 17.0. The highest BCUT2D eigenvalue weighted by Gasteiger charge is 2.32. The molecule has 3 aromatic rings. The van der Waals surface area contributed by atoms with E-state index in [1.807, 2.05) is 32.0 Å². The topological polar surface area (TPSA) is 110 Å². The summed E-state index contributed by atoms with van der Waals surface area (Å²) in [6, 6.07) is 11.4. The molecule has 1 aliphatic rings. The lowest BCUT2D eigenvalue weighted by Crippen LogP contribution is -2.48. The zero-order chi connectivity index (χ0) is 22.9. The van der Waals surface area contributed by atoms with E-state index in [-0.39, 0.29) is 17.1 Å². The molecule has 2 atom stereocenters. The lowest BCUT2D eigenvalue weighted by Gasteiger charge is -2.34. The van der Waals surface area contributed by atoms with Crippen molar-refractivity contribution < 1.29 is 22.7 Å². The van der Waals surface area contributed by atoms with E-state index in [0.717, 1.165) is 16.0 Å². The van der Waals surface area contributed by atoms with E-state index in [2.05, 4.69) is 15.8 Å². The maximum absolute atomic E-state index is 12.9. The third-order valence-electron chi connectivity index (χ3n) is 5.02. The van der Waals surface area contributed by atoms with Crippen LogP contribution in [-0.4, -0.2) is 56.0 Å². The van der Waals surface area contributed by atoms with Crippen molar-refractivity contribution in [2.45, 2.75) is 31.0 Å². The minimum Gasteiger partial charge on any atom is -0.497 e. The number of nitrogens with one attached hydrogen (secondary N) is 2. The van der Waals surface area contributed by atoms with Crippen LogP contribution in [0.2, 0.25) is 0 Å². The van der Waals surface area contributed by atoms with Crippen LogP contribution >= 0.6 is 11.3 Å². The van der Waals surface area contributed by atoms with Gasteiger partial charge in [0.2, 0.25) is 15.2 Å². The average Bonchev–Trinajstić information content (AvgIpc) is 3.19. The number of hydrogen-bond donors (Lipinski definition) is 2. The van der Waals surface area contributed by atoms with E-state index in [4.69, 9.17) is 9.47 Å². The molecule has 9 nitrogen and oxygen atoms in total. The summed E-state index contributed by atoms with van der Waals surface area (Å²) in [7, 11) is -2.06. The molecule has 0 radical (unpaired) electrons. The number of benzene rings is 2. The number of anilines is 1. The van der Waals surface area contributed by atoms with E-state index in [1.165, 1.54) is 39.9 Å². The Kier molecular flexibility index (Phi) is 6.33. The Labute approximate surface area is 190 Å². The first-order valence-corrected chi connectivity index (χ1v) is 12.3. The molecular formula is C21H24N4O5S2. The average molecular weight is 477 g/mol. The zero-order valence-corrected chi connectivity index (χ0v) is 19.5. The standard InChI is InChI=1S/C21H24N4O5S2/c1-13-11-25(12-14(2)30-13)32(27,28)17-7-4-15(5-8-17)20(26)23-24-21-22-18-9-6-16(29-3)10-19(18)31-21/h4-10,13-14H,11-12H2,1-3H3,(H,22,24)(H,23,26)/t13-,14+. The van der Waals surface area contributed by atoms with Gasteiger partial charge in [-0.3, -0.25) is 15.6 Å². The van der Waals surface area contributed by atoms with Crippen molar-refractivity contribution in [2.24, 2.45) is 0 Å². The molecule has 0 unspecified atom stereocenters. The van der Waals surface area contributed by atoms with Crippen LogP contribution < -0.4 is 15.6 Å². The van der Waals surface area contributed by atoms with Crippen LogP contribution in [0.4, 0.5) is 5.13 Å². The van der Waals surface area contributed by atoms with Gasteiger partial charge in [0.25, 0.3) is 5.91 Å². The largest absolute Gasteiger partial charge is 0.497 e. The number of thiazole rings is 1. The number of fused-ring (bicyclic) bond motifs is 1. The van der Waals surface area contributed by atoms with E-state index < -0.39 is 15.9 Å². The first-order chi connectivity index (χ1) is 15.3. The maximum Gasteiger partial charge on any atom is 0.269 e. The Hall–Kier alpha value is -2.73. The summed E-state index contributed by atoms with van der Waals surface area (Å²) in [6.07, 6.45) is -0.346. The summed E-state index contributed by atoms with van der Waals surface area (Å²) in [5.74, 6) is 0.326. The normalized spacial score (nSPS) is 19.6. The Morgan fingerprint density at radius 2 is 1.84 bits per heavy atom. The zero-order valence-electron chi connectivity index (χ0n) is 17.9. The Bertz CT molecular complexity index is 1220. The van der Waals surface area contributed by atoms with Gasteiger partial charge in [-0.25, -0.2) is 13.4 Å². The number of ether oxygens (including phenoxy) is 2. The molecular weight excluding hydrogens is 452 g/mol. The van der Waals surface area contributed by atoms with E-state index in [0.29, 0.717) is 23.8 Å². The molecule has 32 heavy (non-hydrogen) atoms. The third-order valence-corrected chi connectivity index (χ3v) is 7.80. The maximum atomic E-state index is 12.9. The first-order valence-electron chi connectivity index (χ1n) is 10.0. The number of methoxy groups -OCH3 is 1. The third kappa shape index (κ3) is 4.70. The van der Waals surface area contributed by atoms with Gasteiger partial charge >= 0.3 is 0 Å². The fourth-order valence-electron chi connectivity index (χ4n) is 3.52. The molecule has 170 valence electrons. The number of hydrazine groups is 1. The lowest BCUT2D eigenvalue weighted by molar-refractivity contribution is -0.0440. The van der Waals surface area contributed by atoms with Crippen LogP contribution in [0.5, 0.6) is 5.75 Å². The molecule has 2 heterocycles. The molecule has 0 spiro atoms. The van der Waals surface area contributed by atoms with Gasteiger partial charge in [0, 0.05) is 18.7 Å². The van der Waals surface area contributed by atoms with Crippen molar-refractivity contribution in [2.75, 3.05) is 25.6 Å². The van der Waals surface area contributed by atoms with Gasteiger partial charge in [-0.1, -0.05) is 11.3 Å². The molecule has 1 fully saturated rings. The number of carbonyl (C=O) groups is 1. The summed E-state index contributed by atoms with van der Waals surface area (Å²) < 4.78 is 39.0. The molecule has 1 aromatic heterocycles. The SMILES string of the molecule is COc1ccc2nc(NNC(=O)c3ccc(S(=O)(=O)N4C[C@@H](C)O[C@@H](C)C4)cc3)sc2c1. The summed E-state index contributed by atoms with van der Waals surface area (Å²) >= 11 is 1.37. The Morgan fingerprint density at radius 3 is 2.50 bits per heavy atom. The number of nitrogens with zero attached hydrogens (tertiary/aromatic N) is 2. The summed E-state index contributed by atoms with van der Waals surface area (Å²) in [5.41, 5.74) is 6.50. The van der Waals surface area contributed by atoms with Crippen LogP contribution in [0, 0.1) is 0 Å². The van der Waals surface area contributed by atoms with Crippen molar-refractivity contribution in [1.29, 1.82) is 0 Å². The predicted molar refractivity (Wildman–Crippen MR) is 122 cm³/mol. The van der Waals surface area contributed by atoms with Crippen molar-refractivity contribution in [3.8, 4) is 5.75 Å². The van der Waals surface area contributed by atoms with Gasteiger partial charge in [0.05, 0.1) is 34.4 Å². The second-order valence-corrected chi connectivity index (χ2v) is 10.5. The van der Waals surface area contributed by atoms with Crippen molar-refractivity contribution in [1.82, 2.24) is 14.7 Å². The first kappa shape index (κ1) is 22.5. The van der Waals surface area contributed by atoms with Crippen LogP contribution in [-0.2, 0) is 14.8 Å². The summed E-state index contributed by atoms with van der Waals surface area (Å²) in [6.45, 7) is 4.29. The number of morpholine rings is 1. The minimum atomic E-state index is -3.66.